The number of aromatic amines is 1. The zero-order valence-electron chi connectivity index (χ0n) is 12.8. The minimum Gasteiger partial charge on any atom is -0.461 e. The zero-order chi connectivity index (χ0) is 15.5. The molecular formula is C15H21N5O2. The lowest BCUT2D eigenvalue weighted by molar-refractivity contribution is 0.0510. The number of rotatable bonds is 6. The topological polar surface area (TPSA) is 98.8 Å². The quantitative estimate of drug-likeness (QED) is 0.619. The smallest absolute Gasteiger partial charge is 0.356 e. The van der Waals surface area contributed by atoms with Crippen LogP contribution in [0.2, 0.25) is 0 Å². The van der Waals surface area contributed by atoms with Crippen molar-refractivity contribution in [2.24, 2.45) is 5.73 Å². The molecule has 2 aromatic heterocycles. The van der Waals surface area contributed by atoms with Gasteiger partial charge < -0.3 is 10.5 Å². The Kier molecular flexibility index (Phi) is 4.24. The summed E-state index contributed by atoms with van der Waals surface area (Å²) in [7, 11) is 0. The summed E-state index contributed by atoms with van der Waals surface area (Å²) in [6, 6.07) is 0. The second-order valence-corrected chi connectivity index (χ2v) is 5.38. The first kappa shape index (κ1) is 14.8. The van der Waals surface area contributed by atoms with E-state index in [2.05, 4.69) is 15.3 Å². The predicted molar refractivity (Wildman–Crippen MR) is 81.5 cm³/mol. The monoisotopic (exact) mass is 303 g/mol. The average Bonchev–Trinajstić information content (AvgIpc) is 3.10. The van der Waals surface area contributed by atoms with Gasteiger partial charge in [0.1, 0.15) is 5.69 Å². The van der Waals surface area contributed by atoms with Crippen LogP contribution in [0.1, 0.15) is 41.5 Å². The summed E-state index contributed by atoms with van der Waals surface area (Å²) in [6.07, 6.45) is 5.18. The second-order valence-electron chi connectivity index (χ2n) is 5.38. The van der Waals surface area contributed by atoms with E-state index < -0.39 is 0 Å². The number of carbonyl (C=O) groups is 1. The highest BCUT2D eigenvalue weighted by Gasteiger charge is 2.29. The van der Waals surface area contributed by atoms with Crippen LogP contribution < -0.4 is 5.73 Å². The minimum atomic E-state index is -0.295. The molecule has 0 bridgehead atoms. The zero-order valence-corrected chi connectivity index (χ0v) is 12.8. The highest BCUT2D eigenvalue weighted by Crippen LogP contribution is 2.33. The number of esters is 1. The van der Waals surface area contributed by atoms with E-state index in [4.69, 9.17) is 10.5 Å². The molecule has 1 aliphatic carbocycles. The summed E-state index contributed by atoms with van der Waals surface area (Å²) in [5.74, 6) is -0.295. The van der Waals surface area contributed by atoms with Crippen molar-refractivity contribution in [2.75, 3.05) is 13.2 Å². The number of nitrogens with zero attached hydrogens (tertiary/aromatic N) is 3. The van der Waals surface area contributed by atoms with Gasteiger partial charge in [-0.25, -0.2) is 4.79 Å². The van der Waals surface area contributed by atoms with Gasteiger partial charge in [0.05, 0.1) is 18.5 Å². The molecule has 0 amide bonds. The summed E-state index contributed by atoms with van der Waals surface area (Å²) in [4.78, 5) is 12.4. The van der Waals surface area contributed by atoms with Gasteiger partial charge >= 0.3 is 5.97 Å². The van der Waals surface area contributed by atoms with Crippen molar-refractivity contribution in [3.05, 3.63) is 23.1 Å². The van der Waals surface area contributed by atoms with Gasteiger partial charge in [-0.3, -0.25) is 9.78 Å². The molecule has 2 heterocycles. The molecule has 2 aromatic rings. The van der Waals surface area contributed by atoms with Gasteiger partial charge in [-0.2, -0.15) is 10.2 Å². The number of carbonyl (C=O) groups excluding carboxylic acids is 1. The van der Waals surface area contributed by atoms with E-state index >= 15 is 0 Å². The fraction of sp³-hybridized carbons (Fsp3) is 0.533. The standard InChI is InChI=1S/C15H21N5O2/c1-2-22-15(21)14-10-5-6-12-11(9-17-18-12)13(10)19-20(14)8-4-3-7-16/h9H,2-8,16H2,1H3,(H,17,18). The van der Waals surface area contributed by atoms with Crippen molar-refractivity contribution in [1.29, 1.82) is 0 Å². The fourth-order valence-electron chi connectivity index (χ4n) is 2.91. The molecule has 0 atom stereocenters. The van der Waals surface area contributed by atoms with E-state index in [-0.39, 0.29) is 5.97 Å². The van der Waals surface area contributed by atoms with E-state index in [9.17, 15) is 4.79 Å². The molecule has 3 N–H and O–H groups in total. The average molecular weight is 303 g/mol. The molecule has 22 heavy (non-hydrogen) atoms. The van der Waals surface area contributed by atoms with Gasteiger partial charge in [-0.1, -0.05) is 0 Å². The number of aromatic nitrogens is 4. The number of nitrogens with two attached hydrogens (primary N) is 1. The van der Waals surface area contributed by atoms with E-state index in [1.807, 2.05) is 6.92 Å². The fourth-order valence-corrected chi connectivity index (χ4v) is 2.91. The third kappa shape index (κ3) is 2.52. The van der Waals surface area contributed by atoms with Gasteiger partial charge in [0.25, 0.3) is 0 Å². The molecule has 7 heteroatoms. The van der Waals surface area contributed by atoms with Crippen molar-refractivity contribution in [3.63, 3.8) is 0 Å². The van der Waals surface area contributed by atoms with E-state index in [0.29, 0.717) is 25.4 Å². The van der Waals surface area contributed by atoms with Crippen LogP contribution in [0.25, 0.3) is 11.3 Å². The van der Waals surface area contributed by atoms with Crippen LogP contribution in [0.4, 0.5) is 0 Å². The Morgan fingerprint density at radius 2 is 2.32 bits per heavy atom. The van der Waals surface area contributed by atoms with Crippen LogP contribution in [0, 0.1) is 0 Å². The molecule has 0 unspecified atom stereocenters. The summed E-state index contributed by atoms with van der Waals surface area (Å²) in [5, 5.41) is 11.7. The van der Waals surface area contributed by atoms with Crippen molar-refractivity contribution in [1.82, 2.24) is 20.0 Å². The highest BCUT2D eigenvalue weighted by atomic mass is 16.5. The molecule has 0 aliphatic heterocycles. The van der Waals surface area contributed by atoms with Crippen LogP contribution in [-0.2, 0) is 24.1 Å². The molecule has 0 radical (unpaired) electrons. The molecule has 1 aliphatic rings. The largest absolute Gasteiger partial charge is 0.461 e. The lowest BCUT2D eigenvalue weighted by Crippen LogP contribution is -2.16. The SMILES string of the molecule is CCOC(=O)c1c2c(nn1CCCCN)-c1cn[nH]c1CC2. The molecule has 0 aromatic carbocycles. The number of hydrogen-bond donors (Lipinski definition) is 2. The lowest BCUT2D eigenvalue weighted by Gasteiger charge is -2.11. The Hall–Kier alpha value is -2.15. The van der Waals surface area contributed by atoms with Gasteiger partial charge in [-0.05, 0) is 39.2 Å². The Morgan fingerprint density at radius 3 is 3.09 bits per heavy atom. The van der Waals surface area contributed by atoms with Crippen molar-refractivity contribution >= 4 is 5.97 Å². The van der Waals surface area contributed by atoms with Gasteiger partial charge in [0, 0.05) is 23.4 Å². The van der Waals surface area contributed by atoms with Crippen molar-refractivity contribution in [2.45, 2.75) is 39.2 Å². The number of H-pyrrole nitrogens is 1. The number of ether oxygens (including phenoxy) is 1. The summed E-state index contributed by atoms with van der Waals surface area (Å²) >= 11 is 0. The lowest BCUT2D eigenvalue weighted by atomic mass is 9.94. The van der Waals surface area contributed by atoms with Crippen LogP contribution in [0.3, 0.4) is 0 Å². The Morgan fingerprint density at radius 1 is 1.45 bits per heavy atom. The summed E-state index contributed by atoms with van der Waals surface area (Å²) < 4.78 is 7.00. The third-order valence-electron chi connectivity index (χ3n) is 3.94. The van der Waals surface area contributed by atoms with E-state index in [1.165, 1.54) is 0 Å². The van der Waals surface area contributed by atoms with Crippen LogP contribution >= 0.6 is 0 Å². The molecular weight excluding hydrogens is 282 g/mol. The maximum Gasteiger partial charge on any atom is 0.356 e. The highest BCUT2D eigenvalue weighted by molar-refractivity contribution is 5.92. The van der Waals surface area contributed by atoms with Crippen LogP contribution in [0.15, 0.2) is 6.20 Å². The first-order valence-corrected chi connectivity index (χ1v) is 7.75. The second kappa shape index (κ2) is 6.31. The van der Waals surface area contributed by atoms with E-state index in [1.54, 1.807) is 10.9 Å². The van der Waals surface area contributed by atoms with Crippen molar-refractivity contribution in [3.8, 4) is 11.3 Å². The number of nitrogens with one attached hydrogen (secondary N) is 1. The van der Waals surface area contributed by atoms with Gasteiger partial charge in [-0.15, -0.1) is 0 Å². The van der Waals surface area contributed by atoms with Gasteiger partial charge in [0.15, 0.2) is 0 Å². The molecule has 7 nitrogen and oxygen atoms in total. The molecule has 3 rings (SSSR count). The van der Waals surface area contributed by atoms with Crippen molar-refractivity contribution < 1.29 is 9.53 Å². The Labute approximate surface area is 128 Å². The molecule has 0 fully saturated rings. The molecule has 0 saturated heterocycles. The third-order valence-corrected chi connectivity index (χ3v) is 3.94. The summed E-state index contributed by atoms with van der Waals surface area (Å²) in [5.41, 5.74) is 10.0. The number of unbranched alkanes of at least 4 members (excludes halogenated alkanes) is 1. The van der Waals surface area contributed by atoms with Gasteiger partial charge in [0.2, 0.25) is 0 Å². The number of aryl methyl sites for hydroxylation is 2. The van der Waals surface area contributed by atoms with Crippen LogP contribution in [0.5, 0.6) is 0 Å². The Bertz CT molecular complexity index is 674. The maximum atomic E-state index is 12.4. The first-order valence-electron chi connectivity index (χ1n) is 7.75. The molecule has 0 spiro atoms. The molecule has 118 valence electrons. The van der Waals surface area contributed by atoms with Crippen LogP contribution in [-0.4, -0.2) is 39.1 Å². The minimum absolute atomic E-state index is 0.295. The number of fused-ring (bicyclic) bond motifs is 3. The first-order chi connectivity index (χ1) is 10.8. The molecule has 0 saturated carbocycles. The normalized spacial score (nSPS) is 12.8. The Balaban J connectivity index is 2.01. The predicted octanol–water partition coefficient (Wildman–Crippen LogP) is 1.29. The maximum absolute atomic E-state index is 12.4. The number of hydrogen-bond acceptors (Lipinski definition) is 5. The summed E-state index contributed by atoms with van der Waals surface area (Å²) in [6.45, 7) is 3.49. The van der Waals surface area contributed by atoms with E-state index in [0.717, 1.165) is 48.2 Å².